The number of amides is 1. The number of nitrogens with one attached hydrogen (secondary N) is 1. The summed E-state index contributed by atoms with van der Waals surface area (Å²) >= 11 is 5.92. The van der Waals surface area contributed by atoms with Crippen molar-refractivity contribution in [3.05, 3.63) is 74.8 Å². The average molecular weight is 435 g/mol. The Morgan fingerprint density at radius 3 is 2.40 bits per heavy atom. The zero-order valence-electron chi connectivity index (χ0n) is 16.7. The van der Waals surface area contributed by atoms with Crippen molar-refractivity contribution in [1.82, 2.24) is 5.32 Å². The number of carbonyl (C=O) groups excluding carboxylic acids is 2. The van der Waals surface area contributed by atoms with E-state index in [4.69, 9.17) is 21.1 Å². The Kier molecular flexibility index (Phi) is 8.61. The minimum atomic E-state index is -0.887. The molecule has 0 aliphatic heterocycles. The second kappa shape index (κ2) is 11.2. The molecule has 2 aromatic carbocycles. The molecule has 0 saturated carbocycles. The molecule has 0 heterocycles. The number of alkyl carbamates (subject to hydrolysis) is 1. The molecule has 8 nitrogen and oxygen atoms in total. The van der Waals surface area contributed by atoms with Gasteiger partial charge in [-0.1, -0.05) is 37.6 Å². The van der Waals surface area contributed by atoms with E-state index >= 15 is 0 Å². The van der Waals surface area contributed by atoms with Gasteiger partial charge in [0.1, 0.15) is 12.6 Å². The molecule has 1 unspecified atom stereocenters. The van der Waals surface area contributed by atoms with Gasteiger partial charge in [-0.3, -0.25) is 10.1 Å². The number of nitro benzene ring substituents is 1. The van der Waals surface area contributed by atoms with Gasteiger partial charge in [-0.15, -0.1) is 0 Å². The maximum Gasteiger partial charge on any atom is 0.407 e. The molecule has 0 aliphatic carbocycles. The Hall–Kier alpha value is -3.13. The van der Waals surface area contributed by atoms with Gasteiger partial charge in [-0.25, -0.2) is 9.59 Å². The van der Waals surface area contributed by atoms with Crippen LogP contribution in [0.5, 0.6) is 0 Å². The SMILES string of the molecule is CC(C)C(NC(=O)OCCc1cccc(Cl)c1)C(=O)OCc1ccc([N+](=O)[O-])cc1. The lowest BCUT2D eigenvalue weighted by molar-refractivity contribution is -0.384. The van der Waals surface area contributed by atoms with Crippen molar-refractivity contribution in [2.24, 2.45) is 5.92 Å². The number of hydrogen-bond donors (Lipinski definition) is 1. The van der Waals surface area contributed by atoms with E-state index in [1.807, 2.05) is 12.1 Å². The van der Waals surface area contributed by atoms with Gasteiger partial charge in [0.15, 0.2) is 0 Å². The van der Waals surface area contributed by atoms with Crippen molar-refractivity contribution in [2.45, 2.75) is 32.9 Å². The first-order chi connectivity index (χ1) is 14.3. The number of rotatable bonds is 9. The van der Waals surface area contributed by atoms with Crippen LogP contribution in [0.4, 0.5) is 10.5 Å². The molecular formula is C21H23ClN2O6. The minimum absolute atomic E-state index is 0.0488. The van der Waals surface area contributed by atoms with Crippen LogP contribution in [0.25, 0.3) is 0 Å². The molecule has 1 amide bonds. The van der Waals surface area contributed by atoms with Crippen molar-refractivity contribution in [3.8, 4) is 0 Å². The molecule has 1 N–H and O–H groups in total. The van der Waals surface area contributed by atoms with E-state index in [0.717, 1.165) is 5.56 Å². The van der Waals surface area contributed by atoms with E-state index in [2.05, 4.69) is 5.32 Å². The summed E-state index contributed by atoms with van der Waals surface area (Å²) in [6.07, 6.45) is -0.228. The molecule has 0 fully saturated rings. The first-order valence-corrected chi connectivity index (χ1v) is 9.71. The van der Waals surface area contributed by atoms with E-state index in [9.17, 15) is 19.7 Å². The largest absolute Gasteiger partial charge is 0.459 e. The van der Waals surface area contributed by atoms with Gasteiger partial charge in [-0.05, 0) is 41.3 Å². The van der Waals surface area contributed by atoms with Crippen molar-refractivity contribution in [3.63, 3.8) is 0 Å². The lowest BCUT2D eigenvalue weighted by Crippen LogP contribution is -2.45. The van der Waals surface area contributed by atoms with Gasteiger partial charge >= 0.3 is 12.1 Å². The van der Waals surface area contributed by atoms with E-state index in [-0.39, 0.29) is 24.8 Å². The molecule has 160 valence electrons. The minimum Gasteiger partial charge on any atom is -0.459 e. The summed E-state index contributed by atoms with van der Waals surface area (Å²) in [7, 11) is 0. The lowest BCUT2D eigenvalue weighted by atomic mass is 10.1. The Morgan fingerprint density at radius 1 is 1.10 bits per heavy atom. The smallest absolute Gasteiger partial charge is 0.407 e. The van der Waals surface area contributed by atoms with Crippen LogP contribution in [0, 0.1) is 16.0 Å². The molecular weight excluding hydrogens is 412 g/mol. The van der Waals surface area contributed by atoms with E-state index in [1.54, 1.807) is 26.0 Å². The van der Waals surface area contributed by atoms with Crippen molar-refractivity contribution < 1.29 is 24.0 Å². The summed E-state index contributed by atoms with van der Waals surface area (Å²) < 4.78 is 10.4. The summed E-state index contributed by atoms with van der Waals surface area (Å²) in [5.41, 5.74) is 1.48. The molecule has 2 aromatic rings. The molecule has 0 radical (unpaired) electrons. The highest BCUT2D eigenvalue weighted by atomic mass is 35.5. The number of carbonyl (C=O) groups is 2. The second-order valence-electron chi connectivity index (χ2n) is 6.91. The highest BCUT2D eigenvalue weighted by Crippen LogP contribution is 2.14. The number of ether oxygens (including phenoxy) is 2. The molecule has 9 heteroatoms. The highest BCUT2D eigenvalue weighted by Gasteiger charge is 2.26. The van der Waals surface area contributed by atoms with Crippen LogP contribution in [0.15, 0.2) is 48.5 Å². The summed E-state index contributed by atoms with van der Waals surface area (Å²) in [4.78, 5) is 34.6. The summed E-state index contributed by atoms with van der Waals surface area (Å²) in [5.74, 6) is -0.843. The molecule has 30 heavy (non-hydrogen) atoms. The monoisotopic (exact) mass is 434 g/mol. The highest BCUT2D eigenvalue weighted by molar-refractivity contribution is 6.30. The van der Waals surface area contributed by atoms with Crippen LogP contribution in [0.3, 0.4) is 0 Å². The number of nitro groups is 1. The fourth-order valence-electron chi connectivity index (χ4n) is 2.58. The normalized spacial score (nSPS) is 11.6. The molecule has 0 saturated heterocycles. The maximum absolute atomic E-state index is 12.4. The number of halogens is 1. The first kappa shape index (κ1) is 23.2. The Labute approximate surface area is 179 Å². The molecule has 1 atom stereocenters. The molecule has 0 aliphatic rings. The predicted octanol–water partition coefficient (Wildman–Crippen LogP) is 4.28. The topological polar surface area (TPSA) is 108 Å². The fraction of sp³-hybridized carbons (Fsp3) is 0.333. The number of esters is 1. The van der Waals surface area contributed by atoms with Gasteiger partial charge in [0, 0.05) is 23.6 Å². The van der Waals surface area contributed by atoms with Crippen LogP contribution in [-0.2, 0) is 27.3 Å². The van der Waals surface area contributed by atoms with Crippen LogP contribution >= 0.6 is 11.6 Å². The zero-order valence-corrected chi connectivity index (χ0v) is 17.4. The van der Waals surface area contributed by atoms with Gasteiger partial charge in [0.05, 0.1) is 11.5 Å². The Morgan fingerprint density at radius 2 is 1.80 bits per heavy atom. The summed E-state index contributed by atoms with van der Waals surface area (Å²) in [6.45, 7) is 3.61. The summed E-state index contributed by atoms with van der Waals surface area (Å²) in [6, 6.07) is 12.0. The van der Waals surface area contributed by atoms with Gasteiger partial charge in [0.2, 0.25) is 0 Å². The third kappa shape index (κ3) is 7.36. The maximum atomic E-state index is 12.4. The van der Waals surface area contributed by atoms with Crippen LogP contribution in [-0.4, -0.2) is 29.6 Å². The zero-order chi connectivity index (χ0) is 22.1. The van der Waals surface area contributed by atoms with Crippen LogP contribution < -0.4 is 5.32 Å². The third-order valence-corrected chi connectivity index (χ3v) is 4.47. The number of hydrogen-bond acceptors (Lipinski definition) is 6. The van der Waals surface area contributed by atoms with E-state index in [1.165, 1.54) is 24.3 Å². The number of nitrogens with zero attached hydrogens (tertiary/aromatic N) is 1. The average Bonchev–Trinajstić information content (AvgIpc) is 2.70. The number of non-ortho nitro benzene ring substituents is 1. The Bertz CT molecular complexity index is 885. The van der Waals surface area contributed by atoms with Crippen molar-refractivity contribution in [2.75, 3.05) is 6.61 Å². The van der Waals surface area contributed by atoms with E-state index in [0.29, 0.717) is 17.0 Å². The van der Waals surface area contributed by atoms with Crippen molar-refractivity contribution >= 4 is 29.4 Å². The Balaban J connectivity index is 1.82. The molecule has 0 spiro atoms. The summed E-state index contributed by atoms with van der Waals surface area (Å²) in [5, 5.41) is 13.8. The predicted molar refractivity (Wildman–Crippen MR) is 111 cm³/mol. The standard InChI is InChI=1S/C21H23ClN2O6/c1-14(2)19(20(25)30-13-16-6-8-18(9-7-16)24(27)28)23-21(26)29-11-10-15-4-3-5-17(22)12-15/h3-9,12,14,19H,10-11,13H2,1-2H3,(H,23,26). The third-order valence-electron chi connectivity index (χ3n) is 4.24. The van der Waals surface area contributed by atoms with Crippen LogP contribution in [0.2, 0.25) is 5.02 Å². The molecule has 0 aromatic heterocycles. The van der Waals surface area contributed by atoms with Crippen molar-refractivity contribution in [1.29, 1.82) is 0 Å². The first-order valence-electron chi connectivity index (χ1n) is 9.34. The van der Waals surface area contributed by atoms with Gasteiger partial charge in [0.25, 0.3) is 5.69 Å². The second-order valence-corrected chi connectivity index (χ2v) is 7.35. The number of benzene rings is 2. The molecule has 2 rings (SSSR count). The fourth-order valence-corrected chi connectivity index (χ4v) is 2.79. The molecule has 0 bridgehead atoms. The quantitative estimate of drug-likeness (QED) is 0.358. The lowest BCUT2D eigenvalue weighted by Gasteiger charge is -2.20. The van der Waals surface area contributed by atoms with Crippen LogP contribution in [0.1, 0.15) is 25.0 Å². The van der Waals surface area contributed by atoms with E-state index < -0.39 is 23.0 Å². The van der Waals surface area contributed by atoms with Gasteiger partial charge < -0.3 is 14.8 Å². The van der Waals surface area contributed by atoms with Gasteiger partial charge in [-0.2, -0.15) is 0 Å².